The smallest absolute Gasteiger partial charge is 0.221 e. The molecule has 0 radical (unpaired) electrons. The van der Waals surface area contributed by atoms with Crippen LogP contribution in [0.4, 0.5) is 0 Å². The largest absolute Gasteiger partial charge is 0.489 e. The Hall–Kier alpha value is -2.16. The van der Waals surface area contributed by atoms with E-state index in [-0.39, 0.29) is 17.3 Å². The zero-order valence-corrected chi connectivity index (χ0v) is 9.10. The summed E-state index contributed by atoms with van der Waals surface area (Å²) < 4.78 is 5.19. The number of carbonyl (C=O) groups excluding carboxylic acids is 2. The second-order valence-electron chi connectivity index (χ2n) is 4.02. The van der Waals surface area contributed by atoms with Gasteiger partial charge in [0.25, 0.3) is 0 Å². The fourth-order valence-corrected chi connectivity index (χ4v) is 2.15. The highest BCUT2D eigenvalue weighted by atomic mass is 16.5. The van der Waals surface area contributed by atoms with Crippen LogP contribution in [0.15, 0.2) is 47.7 Å². The lowest BCUT2D eigenvalue weighted by Crippen LogP contribution is -2.16. The monoisotopic (exact) mass is 226 g/mol. The van der Waals surface area contributed by atoms with Crippen molar-refractivity contribution >= 4 is 17.1 Å². The fourth-order valence-electron chi connectivity index (χ4n) is 2.15. The molecule has 84 valence electrons. The van der Waals surface area contributed by atoms with Crippen molar-refractivity contribution in [3.8, 4) is 0 Å². The summed E-state index contributed by atoms with van der Waals surface area (Å²) in [6.45, 7) is 0.429. The minimum atomic E-state index is -0.198. The Morgan fingerprint density at radius 1 is 1.06 bits per heavy atom. The van der Waals surface area contributed by atoms with Crippen LogP contribution in [0.2, 0.25) is 0 Å². The molecule has 0 saturated carbocycles. The van der Waals surface area contributed by atoms with Crippen LogP contribution in [0.3, 0.4) is 0 Å². The number of hydrogen-bond acceptors (Lipinski definition) is 3. The number of hydrogen-bond donors (Lipinski definition) is 0. The van der Waals surface area contributed by atoms with Gasteiger partial charge in [-0.3, -0.25) is 9.59 Å². The Kier molecular flexibility index (Phi) is 2.18. The minimum absolute atomic E-state index is 0.0803. The second kappa shape index (κ2) is 3.70. The third-order valence-electron chi connectivity index (χ3n) is 2.98. The van der Waals surface area contributed by atoms with Crippen LogP contribution in [0.1, 0.15) is 12.0 Å². The predicted molar refractivity (Wildman–Crippen MR) is 62.0 cm³/mol. The number of allylic oxidation sites excluding steroid dienone is 2. The molecular formula is C14H10O3. The van der Waals surface area contributed by atoms with Crippen LogP contribution in [0.25, 0.3) is 5.57 Å². The summed E-state index contributed by atoms with van der Waals surface area (Å²) in [7, 11) is 0. The summed E-state index contributed by atoms with van der Waals surface area (Å²) >= 11 is 0. The van der Waals surface area contributed by atoms with E-state index in [1.807, 2.05) is 30.3 Å². The molecule has 0 saturated heterocycles. The molecular weight excluding hydrogens is 216 g/mol. The maximum absolute atomic E-state index is 12.2. The van der Waals surface area contributed by atoms with Crippen molar-refractivity contribution in [2.45, 2.75) is 6.42 Å². The molecule has 0 atom stereocenters. The van der Waals surface area contributed by atoms with Crippen molar-refractivity contribution in [1.82, 2.24) is 0 Å². The van der Waals surface area contributed by atoms with Crippen molar-refractivity contribution in [3.05, 3.63) is 53.3 Å². The van der Waals surface area contributed by atoms with E-state index in [1.165, 1.54) is 6.08 Å². The molecule has 0 aromatic heterocycles. The Morgan fingerprint density at radius 2 is 1.82 bits per heavy atom. The average Bonchev–Trinajstić information content (AvgIpc) is 2.85. The van der Waals surface area contributed by atoms with E-state index in [9.17, 15) is 9.59 Å². The summed E-state index contributed by atoms with van der Waals surface area (Å²) in [6, 6.07) is 9.24. The number of rotatable bonds is 1. The van der Waals surface area contributed by atoms with Crippen molar-refractivity contribution in [2.75, 3.05) is 6.61 Å². The van der Waals surface area contributed by atoms with E-state index in [1.54, 1.807) is 0 Å². The summed E-state index contributed by atoms with van der Waals surface area (Å²) in [5.74, 6) is -0.0334. The molecule has 1 aliphatic heterocycles. The van der Waals surface area contributed by atoms with Crippen LogP contribution >= 0.6 is 0 Å². The first kappa shape index (κ1) is 10.0. The van der Waals surface area contributed by atoms with Gasteiger partial charge in [-0.2, -0.15) is 0 Å². The molecule has 0 bridgehead atoms. The molecule has 3 heteroatoms. The molecule has 3 rings (SSSR count). The number of ketones is 2. The number of benzene rings is 1. The molecule has 1 aromatic carbocycles. The molecule has 1 heterocycles. The van der Waals surface area contributed by atoms with Crippen molar-refractivity contribution < 1.29 is 14.3 Å². The first-order valence-electron chi connectivity index (χ1n) is 5.49. The summed E-state index contributed by atoms with van der Waals surface area (Å²) in [4.78, 5) is 24.0. The molecule has 0 unspecified atom stereocenters. The molecule has 1 aliphatic carbocycles. The standard InChI is InChI=1S/C14H10O3/c15-12-8-11(9-4-2-1-3-5-9)13(16)10-6-7-17-14(10)12/h1-5,8H,6-7H2. The van der Waals surface area contributed by atoms with Gasteiger partial charge >= 0.3 is 0 Å². The maximum Gasteiger partial charge on any atom is 0.221 e. The van der Waals surface area contributed by atoms with Crippen molar-refractivity contribution in [2.24, 2.45) is 0 Å². The van der Waals surface area contributed by atoms with Gasteiger partial charge in [-0.15, -0.1) is 0 Å². The lowest BCUT2D eigenvalue weighted by Gasteiger charge is -2.12. The molecule has 0 spiro atoms. The lowest BCUT2D eigenvalue weighted by molar-refractivity contribution is -0.116. The zero-order chi connectivity index (χ0) is 11.8. The van der Waals surface area contributed by atoms with E-state index in [2.05, 4.69) is 0 Å². The van der Waals surface area contributed by atoms with Gasteiger partial charge in [0, 0.05) is 23.6 Å². The van der Waals surface area contributed by atoms with Crippen LogP contribution in [-0.2, 0) is 14.3 Å². The van der Waals surface area contributed by atoms with Crippen LogP contribution < -0.4 is 0 Å². The third kappa shape index (κ3) is 1.51. The van der Waals surface area contributed by atoms with Gasteiger partial charge in [0.15, 0.2) is 11.5 Å². The molecule has 2 aliphatic rings. The SMILES string of the molecule is O=C1C=C(c2ccccc2)C(=O)C2=C1OCC2. The van der Waals surface area contributed by atoms with Gasteiger partial charge in [0.05, 0.1) is 6.61 Å². The second-order valence-corrected chi connectivity index (χ2v) is 4.02. The molecule has 17 heavy (non-hydrogen) atoms. The molecule has 0 fully saturated rings. The van der Waals surface area contributed by atoms with E-state index < -0.39 is 0 Å². The Bertz CT molecular complexity index is 564. The Labute approximate surface area is 98.4 Å². The van der Waals surface area contributed by atoms with E-state index in [4.69, 9.17) is 4.74 Å². The Morgan fingerprint density at radius 3 is 2.59 bits per heavy atom. The topological polar surface area (TPSA) is 43.4 Å². The average molecular weight is 226 g/mol. The van der Waals surface area contributed by atoms with Gasteiger partial charge in [0.2, 0.25) is 5.78 Å². The summed E-state index contributed by atoms with van der Waals surface area (Å²) in [5.41, 5.74) is 1.78. The van der Waals surface area contributed by atoms with Gasteiger partial charge in [-0.1, -0.05) is 30.3 Å². The molecule has 0 N–H and O–H groups in total. The van der Waals surface area contributed by atoms with Crippen molar-refractivity contribution in [3.63, 3.8) is 0 Å². The predicted octanol–water partition coefficient (Wildman–Crippen LogP) is 1.90. The molecule has 0 amide bonds. The Balaban J connectivity index is 2.07. The third-order valence-corrected chi connectivity index (χ3v) is 2.98. The summed E-state index contributed by atoms with van der Waals surface area (Å²) in [5, 5.41) is 0. The highest BCUT2D eigenvalue weighted by molar-refractivity contribution is 6.37. The highest BCUT2D eigenvalue weighted by Gasteiger charge is 2.33. The number of ether oxygens (including phenoxy) is 1. The summed E-state index contributed by atoms with van der Waals surface area (Å²) in [6.07, 6.45) is 1.91. The van der Waals surface area contributed by atoms with Crippen LogP contribution in [-0.4, -0.2) is 18.2 Å². The zero-order valence-electron chi connectivity index (χ0n) is 9.10. The number of Topliss-reactive ketones (excluding diaryl/α,β-unsaturated/α-hetero) is 1. The fraction of sp³-hybridized carbons (Fsp3) is 0.143. The van der Waals surface area contributed by atoms with E-state index >= 15 is 0 Å². The van der Waals surface area contributed by atoms with Gasteiger partial charge in [-0.25, -0.2) is 0 Å². The first-order valence-corrected chi connectivity index (χ1v) is 5.49. The minimum Gasteiger partial charge on any atom is -0.489 e. The number of carbonyl (C=O) groups is 2. The van der Waals surface area contributed by atoms with Gasteiger partial charge in [0.1, 0.15) is 0 Å². The maximum atomic E-state index is 12.2. The molecule has 3 nitrogen and oxygen atoms in total. The normalized spacial score (nSPS) is 18.9. The quantitative estimate of drug-likeness (QED) is 0.687. The highest BCUT2D eigenvalue weighted by Crippen LogP contribution is 2.32. The van der Waals surface area contributed by atoms with Crippen LogP contribution in [0, 0.1) is 0 Å². The lowest BCUT2D eigenvalue weighted by atomic mass is 9.89. The van der Waals surface area contributed by atoms with E-state index in [0.717, 1.165) is 5.56 Å². The molecule has 1 aromatic rings. The van der Waals surface area contributed by atoms with Crippen molar-refractivity contribution in [1.29, 1.82) is 0 Å². The van der Waals surface area contributed by atoms with Gasteiger partial charge in [-0.05, 0) is 5.56 Å². The van der Waals surface area contributed by atoms with Crippen LogP contribution in [0.5, 0.6) is 0 Å². The van der Waals surface area contributed by atoms with Gasteiger partial charge < -0.3 is 4.74 Å². The van der Waals surface area contributed by atoms with E-state index in [0.29, 0.717) is 24.2 Å². The first-order chi connectivity index (χ1) is 8.27.